The number of nitrogens with one attached hydrogen (secondary N) is 1. The molecule has 1 aromatic carbocycles. The van der Waals surface area contributed by atoms with Crippen molar-refractivity contribution in [3.05, 3.63) is 29.8 Å². The van der Waals surface area contributed by atoms with Crippen LogP contribution in [0.15, 0.2) is 24.3 Å². The van der Waals surface area contributed by atoms with Gasteiger partial charge >= 0.3 is 12.6 Å². The van der Waals surface area contributed by atoms with E-state index in [1.165, 1.54) is 19.2 Å². The van der Waals surface area contributed by atoms with Crippen molar-refractivity contribution in [1.82, 2.24) is 5.32 Å². The highest BCUT2D eigenvalue weighted by atomic mass is 19.3. The number of rotatable bonds is 6. The second-order valence-electron chi connectivity index (χ2n) is 3.57. The van der Waals surface area contributed by atoms with Crippen molar-refractivity contribution in [2.75, 3.05) is 14.2 Å². The summed E-state index contributed by atoms with van der Waals surface area (Å²) in [6.07, 6.45) is 0.169. The molecule has 1 rings (SSSR count). The first-order valence-electron chi connectivity index (χ1n) is 5.35. The maximum atomic E-state index is 12.0. The van der Waals surface area contributed by atoms with Gasteiger partial charge in [-0.2, -0.15) is 8.78 Å². The summed E-state index contributed by atoms with van der Waals surface area (Å²) in [5, 5.41) is 2.95. The quantitative estimate of drug-likeness (QED) is 0.795. The summed E-state index contributed by atoms with van der Waals surface area (Å²) in [6.45, 7) is -2.84. The van der Waals surface area contributed by atoms with Crippen LogP contribution in [0.2, 0.25) is 0 Å². The van der Waals surface area contributed by atoms with E-state index in [9.17, 15) is 13.6 Å². The standard InChI is InChI=1S/C12H15F2NO3/c1-15-10(7-11(16)17-2)8-3-5-9(6-4-8)18-12(13)14/h3-6,10,12,15H,7H2,1-2H3. The van der Waals surface area contributed by atoms with Gasteiger partial charge in [-0.25, -0.2) is 0 Å². The number of methoxy groups -OCH3 is 1. The molecule has 0 heterocycles. The molecule has 100 valence electrons. The number of halogens is 2. The van der Waals surface area contributed by atoms with Gasteiger partial charge in [0.2, 0.25) is 0 Å². The minimum absolute atomic E-state index is 0.0849. The zero-order valence-electron chi connectivity index (χ0n) is 10.2. The molecule has 0 aliphatic carbocycles. The van der Waals surface area contributed by atoms with Crippen LogP contribution in [-0.2, 0) is 9.53 Å². The highest BCUT2D eigenvalue weighted by molar-refractivity contribution is 5.70. The van der Waals surface area contributed by atoms with E-state index in [4.69, 9.17) is 0 Å². The van der Waals surface area contributed by atoms with Gasteiger partial charge in [0.05, 0.1) is 13.5 Å². The Hall–Kier alpha value is -1.69. The van der Waals surface area contributed by atoms with E-state index in [0.29, 0.717) is 0 Å². The van der Waals surface area contributed by atoms with Crippen molar-refractivity contribution in [3.63, 3.8) is 0 Å². The van der Waals surface area contributed by atoms with Crippen LogP contribution in [0.5, 0.6) is 5.75 Å². The number of hydrogen-bond acceptors (Lipinski definition) is 4. The predicted molar refractivity (Wildman–Crippen MR) is 61.5 cm³/mol. The van der Waals surface area contributed by atoms with Crippen LogP contribution < -0.4 is 10.1 Å². The van der Waals surface area contributed by atoms with Crippen molar-refractivity contribution >= 4 is 5.97 Å². The monoisotopic (exact) mass is 259 g/mol. The number of hydrogen-bond donors (Lipinski definition) is 1. The molecular weight excluding hydrogens is 244 g/mol. The van der Waals surface area contributed by atoms with Crippen molar-refractivity contribution in [3.8, 4) is 5.75 Å². The molecule has 0 aliphatic heterocycles. The molecule has 0 fully saturated rings. The molecule has 18 heavy (non-hydrogen) atoms. The lowest BCUT2D eigenvalue weighted by Gasteiger charge is -2.15. The third-order valence-corrected chi connectivity index (χ3v) is 2.45. The minimum atomic E-state index is -2.84. The molecule has 0 saturated carbocycles. The molecule has 0 saturated heterocycles. The van der Waals surface area contributed by atoms with E-state index >= 15 is 0 Å². The van der Waals surface area contributed by atoms with Gasteiger partial charge in [0.25, 0.3) is 0 Å². The molecule has 0 aromatic heterocycles. The van der Waals surface area contributed by atoms with Gasteiger partial charge in [0.1, 0.15) is 5.75 Å². The van der Waals surface area contributed by atoms with Crippen LogP contribution in [0.4, 0.5) is 8.78 Å². The molecule has 4 nitrogen and oxygen atoms in total. The molecule has 1 aromatic rings. The van der Waals surface area contributed by atoms with Crippen LogP contribution in [0.1, 0.15) is 18.0 Å². The molecule has 0 amide bonds. The lowest BCUT2D eigenvalue weighted by Crippen LogP contribution is -2.20. The Morgan fingerprint density at radius 3 is 2.39 bits per heavy atom. The van der Waals surface area contributed by atoms with Gasteiger partial charge in [0.15, 0.2) is 0 Å². The van der Waals surface area contributed by atoms with Crippen LogP contribution in [0, 0.1) is 0 Å². The fraction of sp³-hybridized carbons (Fsp3) is 0.417. The summed E-state index contributed by atoms with van der Waals surface area (Å²) in [4.78, 5) is 11.2. The first-order chi connectivity index (χ1) is 8.56. The lowest BCUT2D eigenvalue weighted by molar-refractivity contribution is -0.141. The molecule has 0 spiro atoms. The SMILES string of the molecule is CNC(CC(=O)OC)c1ccc(OC(F)F)cc1. The Bertz CT molecular complexity index is 381. The summed E-state index contributed by atoms with van der Waals surface area (Å²) in [5.74, 6) is -0.260. The molecule has 1 atom stereocenters. The summed E-state index contributed by atoms with van der Waals surface area (Å²) in [5.41, 5.74) is 0.796. The fourth-order valence-corrected chi connectivity index (χ4v) is 1.52. The molecule has 0 aliphatic rings. The number of esters is 1. The fourth-order valence-electron chi connectivity index (χ4n) is 1.52. The number of carbonyl (C=O) groups is 1. The number of benzene rings is 1. The van der Waals surface area contributed by atoms with Gasteiger partial charge in [0, 0.05) is 6.04 Å². The van der Waals surface area contributed by atoms with Gasteiger partial charge in [-0.3, -0.25) is 4.79 Å². The average molecular weight is 259 g/mol. The third kappa shape index (κ3) is 4.29. The molecule has 6 heteroatoms. The minimum Gasteiger partial charge on any atom is -0.469 e. The predicted octanol–water partition coefficient (Wildman–Crippen LogP) is 2.11. The van der Waals surface area contributed by atoms with E-state index in [2.05, 4.69) is 14.8 Å². The van der Waals surface area contributed by atoms with Crippen molar-refractivity contribution < 1.29 is 23.0 Å². The lowest BCUT2D eigenvalue weighted by atomic mass is 10.0. The van der Waals surface area contributed by atoms with Crippen LogP contribution >= 0.6 is 0 Å². The maximum absolute atomic E-state index is 12.0. The van der Waals surface area contributed by atoms with Crippen molar-refractivity contribution in [2.24, 2.45) is 0 Å². The Labute approximate surface area is 104 Å². The largest absolute Gasteiger partial charge is 0.469 e. The first-order valence-corrected chi connectivity index (χ1v) is 5.35. The van der Waals surface area contributed by atoms with Crippen molar-refractivity contribution in [2.45, 2.75) is 19.1 Å². The molecule has 1 N–H and O–H groups in total. The van der Waals surface area contributed by atoms with E-state index in [1.54, 1.807) is 19.2 Å². The zero-order valence-corrected chi connectivity index (χ0v) is 10.2. The van der Waals surface area contributed by atoms with E-state index in [-0.39, 0.29) is 24.2 Å². The zero-order chi connectivity index (χ0) is 13.5. The Kier molecular flexibility index (Phi) is 5.51. The Morgan fingerprint density at radius 2 is 1.94 bits per heavy atom. The third-order valence-electron chi connectivity index (χ3n) is 2.45. The van der Waals surface area contributed by atoms with Gasteiger partial charge in [-0.05, 0) is 24.7 Å². The molecule has 1 unspecified atom stereocenters. The van der Waals surface area contributed by atoms with Crippen LogP contribution in [0.3, 0.4) is 0 Å². The Balaban J connectivity index is 2.72. The molecule has 0 radical (unpaired) electrons. The smallest absolute Gasteiger partial charge is 0.387 e. The summed E-state index contributed by atoms with van der Waals surface area (Å²) in [7, 11) is 3.02. The van der Waals surface area contributed by atoms with E-state index in [0.717, 1.165) is 5.56 Å². The highest BCUT2D eigenvalue weighted by Crippen LogP contribution is 2.21. The second kappa shape index (κ2) is 6.90. The number of alkyl halides is 2. The van der Waals surface area contributed by atoms with Crippen LogP contribution in [0.25, 0.3) is 0 Å². The van der Waals surface area contributed by atoms with Gasteiger partial charge in [-0.1, -0.05) is 12.1 Å². The topological polar surface area (TPSA) is 47.6 Å². The highest BCUT2D eigenvalue weighted by Gasteiger charge is 2.14. The number of ether oxygens (including phenoxy) is 2. The summed E-state index contributed by atoms with van der Waals surface area (Å²) in [6, 6.07) is 5.90. The molecular formula is C12H15F2NO3. The van der Waals surface area contributed by atoms with E-state index < -0.39 is 6.61 Å². The van der Waals surface area contributed by atoms with Gasteiger partial charge in [-0.15, -0.1) is 0 Å². The summed E-state index contributed by atoms with van der Waals surface area (Å²) >= 11 is 0. The number of carbonyl (C=O) groups excluding carboxylic acids is 1. The van der Waals surface area contributed by atoms with Crippen molar-refractivity contribution in [1.29, 1.82) is 0 Å². The van der Waals surface area contributed by atoms with Crippen LogP contribution in [-0.4, -0.2) is 26.7 Å². The second-order valence-corrected chi connectivity index (χ2v) is 3.57. The summed E-state index contributed by atoms with van der Waals surface area (Å²) < 4.78 is 32.8. The first kappa shape index (κ1) is 14.4. The normalized spacial score (nSPS) is 12.3. The average Bonchev–Trinajstić information content (AvgIpc) is 2.36. The molecule has 0 bridgehead atoms. The maximum Gasteiger partial charge on any atom is 0.387 e. The van der Waals surface area contributed by atoms with E-state index in [1.807, 2.05) is 0 Å². The van der Waals surface area contributed by atoms with Gasteiger partial charge < -0.3 is 14.8 Å². The Morgan fingerprint density at radius 1 is 1.33 bits per heavy atom.